The van der Waals surface area contributed by atoms with Crippen LogP contribution in [0.25, 0.3) is 0 Å². The molecule has 21 heavy (non-hydrogen) atoms. The molecule has 0 spiro atoms. The maximum Gasteiger partial charge on any atom is 0.129 e. The molecule has 0 aromatic heterocycles. The number of unbranched alkanes of at least 4 members (excludes halogenated alkanes) is 8. The van der Waals surface area contributed by atoms with Gasteiger partial charge in [-0.3, -0.25) is 0 Å². The van der Waals surface area contributed by atoms with Gasteiger partial charge in [-0.1, -0.05) is 64.7 Å². The second-order valence-electron chi connectivity index (χ2n) is 5.80. The van der Waals surface area contributed by atoms with Gasteiger partial charge >= 0.3 is 0 Å². The van der Waals surface area contributed by atoms with Crippen LogP contribution in [0.3, 0.4) is 0 Å². The fourth-order valence-electron chi connectivity index (χ4n) is 2.57. The van der Waals surface area contributed by atoms with Crippen LogP contribution in [0.1, 0.15) is 82.8 Å². The Bertz CT molecular complexity index is 393. The SMILES string of the molecule is CCCCCCCCCCCC(O)c1cc(F)ccc1F. The molecule has 1 aromatic rings. The summed E-state index contributed by atoms with van der Waals surface area (Å²) >= 11 is 0. The molecule has 1 atom stereocenters. The Labute approximate surface area is 127 Å². The summed E-state index contributed by atoms with van der Waals surface area (Å²) in [5, 5.41) is 9.92. The summed E-state index contributed by atoms with van der Waals surface area (Å²) in [7, 11) is 0. The zero-order valence-electron chi connectivity index (χ0n) is 13.1. The Morgan fingerprint density at radius 2 is 1.48 bits per heavy atom. The Balaban J connectivity index is 2.11. The van der Waals surface area contributed by atoms with Crippen molar-refractivity contribution in [2.24, 2.45) is 0 Å². The highest BCUT2D eigenvalue weighted by Crippen LogP contribution is 2.23. The van der Waals surface area contributed by atoms with E-state index in [9.17, 15) is 13.9 Å². The summed E-state index contributed by atoms with van der Waals surface area (Å²) in [6.45, 7) is 2.22. The Hall–Kier alpha value is -0.960. The third kappa shape index (κ3) is 7.56. The van der Waals surface area contributed by atoms with Gasteiger partial charge < -0.3 is 5.11 Å². The Morgan fingerprint density at radius 1 is 0.905 bits per heavy atom. The van der Waals surface area contributed by atoms with Crippen molar-refractivity contribution in [2.75, 3.05) is 0 Å². The zero-order valence-corrected chi connectivity index (χ0v) is 13.1. The van der Waals surface area contributed by atoms with Gasteiger partial charge in [0.05, 0.1) is 6.10 Å². The minimum absolute atomic E-state index is 0.0783. The van der Waals surface area contributed by atoms with E-state index in [1.807, 2.05) is 0 Å². The van der Waals surface area contributed by atoms with Crippen molar-refractivity contribution in [3.8, 4) is 0 Å². The van der Waals surface area contributed by atoms with Crippen LogP contribution in [0.15, 0.2) is 18.2 Å². The van der Waals surface area contributed by atoms with E-state index in [2.05, 4.69) is 6.92 Å². The summed E-state index contributed by atoms with van der Waals surface area (Å²) in [5.74, 6) is -1.03. The standard InChI is InChI=1S/C18H28F2O/c1-2-3-4-5-6-7-8-9-10-11-18(21)16-14-15(19)12-13-17(16)20/h12-14,18,21H,2-11H2,1H3. The van der Waals surface area contributed by atoms with Crippen LogP contribution in [0, 0.1) is 11.6 Å². The van der Waals surface area contributed by atoms with E-state index in [1.165, 1.54) is 38.5 Å². The van der Waals surface area contributed by atoms with Crippen LogP contribution in [0.2, 0.25) is 0 Å². The molecule has 0 saturated heterocycles. The van der Waals surface area contributed by atoms with Crippen molar-refractivity contribution >= 4 is 0 Å². The van der Waals surface area contributed by atoms with Gasteiger partial charge in [-0.25, -0.2) is 8.78 Å². The Kier molecular flexibility index (Phi) is 9.24. The predicted molar refractivity (Wildman–Crippen MR) is 83.2 cm³/mol. The van der Waals surface area contributed by atoms with Gasteiger partial charge in [0.15, 0.2) is 0 Å². The van der Waals surface area contributed by atoms with E-state index in [1.54, 1.807) is 0 Å². The van der Waals surface area contributed by atoms with Crippen molar-refractivity contribution in [3.05, 3.63) is 35.4 Å². The van der Waals surface area contributed by atoms with Crippen LogP contribution >= 0.6 is 0 Å². The lowest BCUT2D eigenvalue weighted by Crippen LogP contribution is -2.01. The Morgan fingerprint density at radius 3 is 2.10 bits per heavy atom. The van der Waals surface area contributed by atoms with Crippen LogP contribution in [-0.2, 0) is 0 Å². The molecule has 1 nitrogen and oxygen atoms in total. The van der Waals surface area contributed by atoms with Gasteiger partial charge in [-0.2, -0.15) is 0 Å². The molecule has 1 rings (SSSR count). The van der Waals surface area contributed by atoms with E-state index >= 15 is 0 Å². The number of aliphatic hydroxyl groups is 1. The first kappa shape index (κ1) is 18.1. The zero-order chi connectivity index (χ0) is 15.5. The molecular formula is C18H28F2O. The van der Waals surface area contributed by atoms with Crippen molar-refractivity contribution in [1.29, 1.82) is 0 Å². The summed E-state index contributed by atoms with van der Waals surface area (Å²) < 4.78 is 26.5. The van der Waals surface area contributed by atoms with E-state index in [4.69, 9.17) is 0 Å². The van der Waals surface area contributed by atoms with Crippen molar-refractivity contribution in [2.45, 2.75) is 77.2 Å². The molecule has 0 aliphatic carbocycles. The molecule has 1 N–H and O–H groups in total. The van der Waals surface area contributed by atoms with Gasteiger partial charge in [-0.15, -0.1) is 0 Å². The first-order valence-corrected chi connectivity index (χ1v) is 8.28. The van der Waals surface area contributed by atoms with E-state index in [0.717, 1.165) is 37.5 Å². The van der Waals surface area contributed by atoms with Gasteiger partial charge in [0, 0.05) is 5.56 Å². The monoisotopic (exact) mass is 298 g/mol. The second kappa shape index (κ2) is 10.7. The largest absolute Gasteiger partial charge is 0.388 e. The molecule has 1 aromatic carbocycles. The first-order chi connectivity index (χ1) is 10.1. The normalized spacial score (nSPS) is 12.6. The lowest BCUT2D eigenvalue weighted by molar-refractivity contribution is 0.158. The predicted octanol–water partition coefficient (Wildman–Crippen LogP) is 5.92. The van der Waals surface area contributed by atoms with Gasteiger partial charge in [-0.05, 0) is 24.6 Å². The fourth-order valence-corrected chi connectivity index (χ4v) is 2.57. The number of halogens is 2. The average molecular weight is 298 g/mol. The summed E-state index contributed by atoms with van der Waals surface area (Å²) in [6.07, 6.45) is 10.4. The quantitative estimate of drug-likeness (QED) is 0.503. The molecule has 0 bridgehead atoms. The van der Waals surface area contributed by atoms with Crippen LogP contribution in [-0.4, -0.2) is 5.11 Å². The maximum absolute atomic E-state index is 13.5. The molecule has 0 aliphatic heterocycles. The maximum atomic E-state index is 13.5. The van der Waals surface area contributed by atoms with E-state index in [0.29, 0.717) is 6.42 Å². The number of rotatable bonds is 11. The van der Waals surface area contributed by atoms with Crippen molar-refractivity contribution in [3.63, 3.8) is 0 Å². The molecule has 0 amide bonds. The molecule has 0 fully saturated rings. The first-order valence-electron chi connectivity index (χ1n) is 8.28. The highest BCUT2D eigenvalue weighted by atomic mass is 19.1. The lowest BCUT2D eigenvalue weighted by Gasteiger charge is -2.12. The molecular weight excluding hydrogens is 270 g/mol. The summed E-state index contributed by atoms with van der Waals surface area (Å²) in [6, 6.07) is 3.24. The molecule has 120 valence electrons. The number of hydrogen-bond donors (Lipinski definition) is 1. The molecule has 0 heterocycles. The highest BCUT2D eigenvalue weighted by molar-refractivity contribution is 5.20. The average Bonchev–Trinajstić information content (AvgIpc) is 2.48. The van der Waals surface area contributed by atoms with Gasteiger partial charge in [0.2, 0.25) is 0 Å². The minimum Gasteiger partial charge on any atom is -0.388 e. The highest BCUT2D eigenvalue weighted by Gasteiger charge is 2.13. The van der Waals surface area contributed by atoms with E-state index < -0.39 is 17.7 Å². The van der Waals surface area contributed by atoms with Gasteiger partial charge in [0.1, 0.15) is 11.6 Å². The van der Waals surface area contributed by atoms with Crippen LogP contribution in [0.5, 0.6) is 0 Å². The lowest BCUT2D eigenvalue weighted by atomic mass is 10.0. The summed E-state index contributed by atoms with van der Waals surface area (Å²) in [5.41, 5.74) is 0.0783. The third-order valence-electron chi connectivity index (χ3n) is 3.90. The second-order valence-corrected chi connectivity index (χ2v) is 5.80. The third-order valence-corrected chi connectivity index (χ3v) is 3.90. The molecule has 1 unspecified atom stereocenters. The molecule has 0 radical (unpaired) electrons. The number of aliphatic hydroxyl groups excluding tert-OH is 1. The summed E-state index contributed by atoms with van der Waals surface area (Å²) in [4.78, 5) is 0. The number of benzene rings is 1. The van der Waals surface area contributed by atoms with Crippen LogP contribution in [0.4, 0.5) is 8.78 Å². The van der Waals surface area contributed by atoms with Crippen LogP contribution < -0.4 is 0 Å². The smallest absolute Gasteiger partial charge is 0.129 e. The topological polar surface area (TPSA) is 20.2 Å². The minimum atomic E-state index is -0.898. The van der Waals surface area contributed by atoms with Gasteiger partial charge in [0.25, 0.3) is 0 Å². The van der Waals surface area contributed by atoms with Crippen molar-refractivity contribution in [1.82, 2.24) is 0 Å². The molecule has 0 aliphatic rings. The molecule has 3 heteroatoms. The fraction of sp³-hybridized carbons (Fsp3) is 0.667. The number of hydrogen-bond acceptors (Lipinski definition) is 1. The molecule has 0 saturated carbocycles. The van der Waals surface area contributed by atoms with Crippen molar-refractivity contribution < 1.29 is 13.9 Å². The van der Waals surface area contributed by atoms with E-state index in [-0.39, 0.29) is 5.56 Å².